The Labute approximate surface area is 117 Å². The molecule has 7 heteroatoms. The molecule has 1 heterocycles. The fourth-order valence-electron chi connectivity index (χ4n) is 1.40. The molecule has 1 aromatic heterocycles. The summed E-state index contributed by atoms with van der Waals surface area (Å²) >= 11 is 3.30. The Morgan fingerprint density at radius 1 is 1.47 bits per heavy atom. The summed E-state index contributed by atoms with van der Waals surface area (Å²) in [6.07, 6.45) is 0. The standard InChI is InChI=1S/C12H11BrN2O4/c1-7-14-11(19-15-7)6-18-12(16)8-3-4-10(17-2)9(13)5-8/h3-5H,6H2,1-2H3. The zero-order valence-electron chi connectivity index (χ0n) is 10.3. The third-order valence-electron chi connectivity index (χ3n) is 2.28. The minimum Gasteiger partial charge on any atom is -0.496 e. The molecule has 19 heavy (non-hydrogen) atoms. The fraction of sp³-hybridized carbons (Fsp3) is 0.250. The van der Waals surface area contributed by atoms with Gasteiger partial charge in [0.25, 0.3) is 5.89 Å². The summed E-state index contributed by atoms with van der Waals surface area (Å²) in [5, 5.41) is 3.60. The van der Waals surface area contributed by atoms with Crippen LogP contribution >= 0.6 is 15.9 Å². The van der Waals surface area contributed by atoms with Crippen molar-refractivity contribution in [2.45, 2.75) is 13.5 Å². The second-order valence-electron chi connectivity index (χ2n) is 3.66. The molecule has 0 amide bonds. The van der Waals surface area contributed by atoms with Gasteiger partial charge in [-0.3, -0.25) is 0 Å². The van der Waals surface area contributed by atoms with Crippen molar-refractivity contribution in [2.24, 2.45) is 0 Å². The summed E-state index contributed by atoms with van der Waals surface area (Å²) in [7, 11) is 1.55. The molecule has 0 unspecified atom stereocenters. The zero-order valence-corrected chi connectivity index (χ0v) is 11.9. The van der Waals surface area contributed by atoms with Crippen LogP contribution in [0.4, 0.5) is 0 Å². The topological polar surface area (TPSA) is 74.5 Å². The van der Waals surface area contributed by atoms with Gasteiger partial charge in [0.05, 0.1) is 17.1 Å². The van der Waals surface area contributed by atoms with Crippen LogP contribution in [0.2, 0.25) is 0 Å². The van der Waals surface area contributed by atoms with Crippen molar-refractivity contribution in [2.75, 3.05) is 7.11 Å². The number of aromatic nitrogens is 2. The van der Waals surface area contributed by atoms with Gasteiger partial charge in [-0.1, -0.05) is 5.16 Å². The SMILES string of the molecule is COc1ccc(C(=O)OCc2nc(C)no2)cc1Br. The minimum absolute atomic E-state index is 0.0523. The molecule has 0 saturated heterocycles. The van der Waals surface area contributed by atoms with E-state index in [0.717, 1.165) is 0 Å². The Kier molecular flexibility index (Phi) is 4.16. The Bertz CT molecular complexity index is 597. The number of carbonyl (C=O) groups is 1. The Balaban J connectivity index is 2.01. The number of hydrogen-bond acceptors (Lipinski definition) is 6. The average molecular weight is 327 g/mol. The van der Waals surface area contributed by atoms with Crippen LogP contribution in [-0.4, -0.2) is 23.2 Å². The van der Waals surface area contributed by atoms with E-state index in [9.17, 15) is 4.79 Å². The van der Waals surface area contributed by atoms with Gasteiger partial charge in [0.1, 0.15) is 5.75 Å². The van der Waals surface area contributed by atoms with E-state index < -0.39 is 5.97 Å². The van der Waals surface area contributed by atoms with Gasteiger partial charge in [-0.25, -0.2) is 4.79 Å². The Morgan fingerprint density at radius 2 is 2.26 bits per heavy atom. The van der Waals surface area contributed by atoms with E-state index in [2.05, 4.69) is 26.1 Å². The van der Waals surface area contributed by atoms with Gasteiger partial charge in [0.2, 0.25) is 0 Å². The highest BCUT2D eigenvalue weighted by atomic mass is 79.9. The van der Waals surface area contributed by atoms with E-state index in [-0.39, 0.29) is 12.5 Å². The predicted octanol–water partition coefficient (Wildman–Crippen LogP) is 2.51. The van der Waals surface area contributed by atoms with E-state index in [1.165, 1.54) is 0 Å². The van der Waals surface area contributed by atoms with Crippen molar-refractivity contribution < 1.29 is 18.8 Å². The first-order valence-corrected chi connectivity index (χ1v) is 6.19. The number of benzene rings is 1. The quantitative estimate of drug-likeness (QED) is 0.803. The Morgan fingerprint density at radius 3 is 2.84 bits per heavy atom. The van der Waals surface area contributed by atoms with Gasteiger partial charge >= 0.3 is 5.97 Å². The van der Waals surface area contributed by atoms with Gasteiger partial charge in [0, 0.05) is 0 Å². The molecule has 0 aliphatic heterocycles. The molecule has 0 radical (unpaired) electrons. The molecule has 100 valence electrons. The van der Waals surface area contributed by atoms with Crippen molar-refractivity contribution in [3.05, 3.63) is 40.0 Å². The Hall–Kier alpha value is -1.89. The van der Waals surface area contributed by atoms with E-state index in [0.29, 0.717) is 21.6 Å². The largest absolute Gasteiger partial charge is 0.496 e. The maximum atomic E-state index is 11.8. The van der Waals surface area contributed by atoms with E-state index in [1.54, 1.807) is 32.2 Å². The van der Waals surface area contributed by atoms with Gasteiger partial charge in [0.15, 0.2) is 12.4 Å². The maximum absolute atomic E-state index is 11.8. The van der Waals surface area contributed by atoms with Crippen LogP contribution in [-0.2, 0) is 11.3 Å². The summed E-state index contributed by atoms with van der Waals surface area (Å²) in [5.74, 6) is 0.931. The van der Waals surface area contributed by atoms with Crippen LogP contribution in [0.5, 0.6) is 5.75 Å². The molecule has 0 spiro atoms. The van der Waals surface area contributed by atoms with Crippen molar-refractivity contribution in [1.82, 2.24) is 10.1 Å². The van der Waals surface area contributed by atoms with Crippen LogP contribution < -0.4 is 4.74 Å². The van der Waals surface area contributed by atoms with E-state index >= 15 is 0 Å². The minimum atomic E-state index is -0.473. The van der Waals surface area contributed by atoms with Crippen LogP contribution in [0.1, 0.15) is 22.1 Å². The van der Waals surface area contributed by atoms with E-state index in [4.69, 9.17) is 14.0 Å². The zero-order chi connectivity index (χ0) is 13.8. The molecule has 0 atom stereocenters. The lowest BCUT2D eigenvalue weighted by Gasteiger charge is -2.05. The summed E-state index contributed by atoms with van der Waals surface area (Å²) in [6.45, 7) is 1.64. The second-order valence-corrected chi connectivity index (χ2v) is 4.52. The number of methoxy groups -OCH3 is 1. The molecule has 0 aliphatic carbocycles. The predicted molar refractivity (Wildman–Crippen MR) is 68.8 cm³/mol. The smallest absolute Gasteiger partial charge is 0.338 e. The monoisotopic (exact) mass is 326 g/mol. The lowest BCUT2D eigenvalue weighted by molar-refractivity contribution is 0.0429. The first-order valence-electron chi connectivity index (χ1n) is 5.40. The van der Waals surface area contributed by atoms with Crippen molar-refractivity contribution >= 4 is 21.9 Å². The number of esters is 1. The highest BCUT2D eigenvalue weighted by Crippen LogP contribution is 2.25. The number of ether oxygens (including phenoxy) is 2. The molecule has 0 saturated carbocycles. The molecule has 2 rings (SSSR count). The number of hydrogen-bond donors (Lipinski definition) is 0. The number of aryl methyl sites for hydroxylation is 1. The van der Waals surface area contributed by atoms with Crippen LogP contribution in [0.15, 0.2) is 27.2 Å². The molecular weight excluding hydrogens is 316 g/mol. The third kappa shape index (κ3) is 3.31. The van der Waals surface area contributed by atoms with Crippen LogP contribution in [0.25, 0.3) is 0 Å². The maximum Gasteiger partial charge on any atom is 0.338 e. The lowest BCUT2D eigenvalue weighted by Crippen LogP contribution is -2.05. The highest BCUT2D eigenvalue weighted by molar-refractivity contribution is 9.10. The molecule has 0 bridgehead atoms. The molecule has 1 aromatic carbocycles. The molecular formula is C12H11BrN2O4. The number of nitrogens with zero attached hydrogens (tertiary/aromatic N) is 2. The van der Waals surface area contributed by atoms with Gasteiger partial charge in [-0.05, 0) is 41.1 Å². The average Bonchev–Trinajstić information content (AvgIpc) is 2.81. The summed E-state index contributed by atoms with van der Waals surface area (Å²) < 4.78 is 15.7. The lowest BCUT2D eigenvalue weighted by atomic mass is 10.2. The second kappa shape index (κ2) is 5.83. The van der Waals surface area contributed by atoms with Crippen LogP contribution in [0.3, 0.4) is 0 Å². The molecule has 2 aromatic rings. The third-order valence-corrected chi connectivity index (χ3v) is 2.90. The summed E-state index contributed by atoms with van der Waals surface area (Å²) in [6, 6.07) is 4.92. The number of carbonyl (C=O) groups excluding carboxylic acids is 1. The highest BCUT2D eigenvalue weighted by Gasteiger charge is 2.12. The number of halogens is 1. The molecule has 0 fully saturated rings. The van der Waals surface area contributed by atoms with Gasteiger partial charge < -0.3 is 14.0 Å². The summed E-state index contributed by atoms with van der Waals surface area (Å²) in [5.41, 5.74) is 0.406. The summed E-state index contributed by atoms with van der Waals surface area (Å²) in [4.78, 5) is 15.7. The van der Waals surface area contributed by atoms with Crippen LogP contribution in [0, 0.1) is 6.92 Å². The molecule has 6 nitrogen and oxygen atoms in total. The first kappa shape index (κ1) is 13.5. The normalized spacial score (nSPS) is 10.3. The van der Waals surface area contributed by atoms with Gasteiger partial charge in [-0.15, -0.1) is 0 Å². The van der Waals surface area contributed by atoms with E-state index in [1.807, 2.05) is 0 Å². The first-order chi connectivity index (χ1) is 9.10. The molecule has 0 aliphatic rings. The van der Waals surface area contributed by atoms with Crippen molar-refractivity contribution in [1.29, 1.82) is 0 Å². The van der Waals surface area contributed by atoms with Crippen molar-refractivity contribution in [3.63, 3.8) is 0 Å². The number of rotatable bonds is 4. The molecule has 0 N–H and O–H groups in total. The fourth-order valence-corrected chi connectivity index (χ4v) is 1.94. The van der Waals surface area contributed by atoms with Gasteiger partial charge in [-0.2, -0.15) is 4.98 Å². The van der Waals surface area contributed by atoms with Crippen molar-refractivity contribution in [3.8, 4) is 5.75 Å².